The maximum Gasteiger partial charge on any atom is 0.274 e. The van der Waals surface area contributed by atoms with Gasteiger partial charge >= 0.3 is 0 Å². The lowest BCUT2D eigenvalue weighted by Crippen LogP contribution is -2.39. The minimum Gasteiger partial charge on any atom is -0.337 e. The Balaban J connectivity index is 1.55. The summed E-state index contributed by atoms with van der Waals surface area (Å²) in [7, 11) is 0. The fraction of sp³-hybridized carbons (Fsp3) is 0.238. The van der Waals surface area contributed by atoms with Gasteiger partial charge in [-0.1, -0.05) is 29.8 Å². The van der Waals surface area contributed by atoms with Crippen molar-refractivity contribution in [3.8, 4) is 11.3 Å². The van der Waals surface area contributed by atoms with E-state index in [1.807, 2.05) is 47.4 Å². The number of pyridine rings is 1. The summed E-state index contributed by atoms with van der Waals surface area (Å²) in [4.78, 5) is 27.5. The largest absolute Gasteiger partial charge is 0.337 e. The van der Waals surface area contributed by atoms with E-state index < -0.39 is 0 Å². The van der Waals surface area contributed by atoms with E-state index in [0.717, 1.165) is 36.3 Å². The van der Waals surface area contributed by atoms with Gasteiger partial charge in [-0.3, -0.25) is 14.8 Å². The number of piperidine rings is 1. The van der Waals surface area contributed by atoms with Gasteiger partial charge in [-0.15, -0.1) is 0 Å². The van der Waals surface area contributed by atoms with Gasteiger partial charge in [0.1, 0.15) is 5.69 Å². The first-order valence-electron chi connectivity index (χ1n) is 8.99. The maximum absolute atomic E-state index is 12.7. The summed E-state index contributed by atoms with van der Waals surface area (Å²) in [6.45, 7) is 1.38. The third-order valence-corrected chi connectivity index (χ3v) is 5.04. The van der Waals surface area contributed by atoms with Crippen LogP contribution in [-0.4, -0.2) is 38.8 Å². The van der Waals surface area contributed by atoms with Crippen LogP contribution >= 0.6 is 11.6 Å². The molecule has 0 spiro atoms. The van der Waals surface area contributed by atoms with Crippen molar-refractivity contribution in [2.45, 2.75) is 18.8 Å². The van der Waals surface area contributed by atoms with Crippen LogP contribution in [-0.2, 0) is 0 Å². The molecule has 3 heterocycles. The lowest BCUT2D eigenvalue weighted by atomic mass is 9.93. The summed E-state index contributed by atoms with van der Waals surface area (Å²) in [6, 6.07) is 13.7. The summed E-state index contributed by atoms with van der Waals surface area (Å²) in [5.41, 5.74) is 3.28. The molecule has 136 valence electrons. The summed E-state index contributed by atoms with van der Waals surface area (Å²) < 4.78 is 0. The smallest absolute Gasteiger partial charge is 0.274 e. The zero-order valence-electron chi connectivity index (χ0n) is 14.8. The van der Waals surface area contributed by atoms with Crippen LogP contribution in [0.15, 0.2) is 61.1 Å². The van der Waals surface area contributed by atoms with E-state index in [-0.39, 0.29) is 11.8 Å². The van der Waals surface area contributed by atoms with Gasteiger partial charge < -0.3 is 4.90 Å². The van der Waals surface area contributed by atoms with E-state index in [4.69, 9.17) is 16.6 Å². The number of hydrogen-bond acceptors (Lipinski definition) is 4. The quantitative estimate of drug-likeness (QED) is 0.685. The average Bonchev–Trinajstić information content (AvgIpc) is 2.74. The van der Waals surface area contributed by atoms with Gasteiger partial charge in [0.2, 0.25) is 0 Å². The maximum atomic E-state index is 12.7. The molecule has 1 atom stereocenters. The van der Waals surface area contributed by atoms with Crippen LogP contribution in [0.2, 0.25) is 5.02 Å². The van der Waals surface area contributed by atoms with Crippen molar-refractivity contribution in [3.05, 3.63) is 77.5 Å². The number of hydrogen-bond donors (Lipinski definition) is 0. The number of amides is 1. The Hall–Kier alpha value is -2.79. The molecule has 0 bridgehead atoms. The van der Waals surface area contributed by atoms with Gasteiger partial charge in [-0.2, -0.15) is 0 Å². The van der Waals surface area contributed by atoms with Crippen LogP contribution in [0.4, 0.5) is 0 Å². The Kier molecular flexibility index (Phi) is 5.12. The molecule has 1 amide bonds. The highest BCUT2D eigenvalue weighted by Crippen LogP contribution is 2.28. The van der Waals surface area contributed by atoms with Crippen LogP contribution < -0.4 is 0 Å². The van der Waals surface area contributed by atoms with Crippen molar-refractivity contribution in [2.24, 2.45) is 0 Å². The van der Waals surface area contributed by atoms with Crippen molar-refractivity contribution in [3.63, 3.8) is 0 Å². The minimum absolute atomic E-state index is 0.0706. The molecule has 5 nitrogen and oxygen atoms in total. The lowest BCUT2D eigenvalue weighted by molar-refractivity contribution is 0.0699. The monoisotopic (exact) mass is 378 g/mol. The first-order valence-corrected chi connectivity index (χ1v) is 9.37. The number of nitrogens with zero attached hydrogens (tertiary/aromatic N) is 4. The molecule has 1 fully saturated rings. The van der Waals surface area contributed by atoms with Crippen LogP contribution in [0, 0.1) is 0 Å². The molecule has 4 rings (SSSR count). The van der Waals surface area contributed by atoms with E-state index in [0.29, 0.717) is 17.3 Å². The van der Waals surface area contributed by atoms with Crippen molar-refractivity contribution in [1.82, 2.24) is 19.9 Å². The molecule has 1 aliphatic rings. The number of benzene rings is 1. The number of rotatable bonds is 3. The molecule has 1 unspecified atom stereocenters. The molecule has 1 aliphatic heterocycles. The zero-order valence-corrected chi connectivity index (χ0v) is 15.5. The SMILES string of the molecule is O=C(c1cnccn1)N1CCCC(c2cccc(-c3cccc(Cl)c3)n2)C1. The Morgan fingerprint density at radius 1 is 1.15 bits per heavy atom. The highest BCUT2D eigenvalue weighted by Gasteiger charge is 2.27. The van der Waals surface area contributed by atoms with Gasteiger partial charge in [0.15, 0.2) is 0 Å². The zero-order chi connectivity index (χ0) is 18.6. The first kappa shape index (κ1) is 17.6. The average molecular weight is 379 g/mol. The van der Waals surface area contributed by atoms with Crippen molar-refractivity contribution in [1.29, 1.82) is 0 Å². The number of carbonyl (C=O) groups is 1. The Morgan fingerprint density at radius 2 is 2.04 bits per heavy atom. The highest BCUT2D eigenvalue weighted by atomic mass is 35.5. The standard InChI is InChI=1S/C21H19ClN4O/c22-17-6-1-4-15(12-17)18-7-2-8-19(25-18)16-5-3-11-26(14-16)21(27)20-13-23-9-10-24-20/h1-2,4,6-10,12-13,16H,3,5,11,14H2. The highest BCUT2D eigenvalue weighted by molar-refractivity contribution is 6.30. The summed E-state index contributed by atoms with van der Waals surface area (Å²) in [6.07, 6.45) is 6.59. The molecule has 0 radical (unpaired) electrons. The third-order valence-electron chi connectivity index (χ3n) is 4.80. The predicted molar refractivity (Wildman–Crippen MR) is 105 cm³/mol. The second kappa shape index (κ2) is 7.84. The Labute approximate surface area is 163 Å². The second-order valence-electron chi connectivity index (χ2n) is 6.64. The van der Waals surface area contributed by atoms with Crippen LogP contribution in [0.25, 0.3) is 11.3 Å². The van der Waals surface area contributed by atoms with Gasteiger partial charge in [0.25, 0.3) is 5.91 Å². The van der Waals surface area contributed by atoms with Crippen LogP contribution in [0.1, 0.15) is 34.9 Å². The number of aromatic nitrogens is 3. The molecule has 3 aromatic rings. The van der Waals surface area contributed by atoms with E-state index in [9.17, 15) is 4.79 Å². The van der Waals surface area contributed by atoms with E-state index in [2.05, 4.69) is 9.97 Å². The van der Waals surface area contributed by atoms with Crippen LogP contribution in [0.3, 0.4) is 0 Å². The Morgan fingerprint density at radius 3 is 2.85 bits per heavy atom. The molecule has 6 heteroatoms. The lowest BCUT2D eigenvalue weighted by Gasteiger charge is -2.32. The van der Waals surface area contributed by atoms with Gasteiger partial charge in [0.05, 0.1) is 11.9 Å². The molecular weight excluding hydrogens is 360 g/mol. The van der Waals surface area contributed by atoms with Gasteiger partial charge in [-0.25, -0.2) is 4.98 Å². The van der Waals surface area contributed by atoms with Crippen LogP contribution in [0.5, 0.6) is 0 Å². The molecule has 0 N–H and O–H groups in total. The van der Waals surface area contributed by atoms with Crippen molar-refractivity contribution in [2.75, 3.05) is 13.1 Å². The molecule has 1 aromatic carbocycles. The number of carbonyl (C=O) groups excluding carboxylic acids is 1. The summed E-state index contributed by atoms with van der Waals surface area (Å²) in [5.74, 6) is 0.136. The van der Waals surface area contributed by atoms with E-state index in [1.165, 1.54) is 6.20 Å². The van der Waals surface area contributed by atoms with Gasteiger partial charge in [0, 0.05) is 47.7 Å². The second-order valence-corrected chi connectivity index (χ2v) is 7.08. The first-order chi connectivity index (χ1) is 13.2. The fourth-order valence-corrected chi connectivity index (χ4v) is 3.65. The molecular formula is C21H19ClN4O. The topological polar surface area (TPSA) is 59.0 Å². The van der Waals surface area contributed by atoms with E-state index >= 15 is 0 Å². The molecule has 27 heavy (non-hydrogen) atoms. The summed E-state index contributed by atoms with van der Waals surface area (Å²) in [5, 5.41) is 0.693. The molecule has 0 aliphatic carbocycles. The normalized spacial score (nSPS) is 16.9. The fourth-order valence-electron chi connectivity index (χ4n) is 3.46. The number of halogens is 1. The minimum atomic E-state index is -0.0706. The van der Waals surface area contributed by atoms with Crippen molar-refractivity contribution >= 4 is 17.5 Å². The molecule has 2 aromatic heterocycles. The van der Waals surface area contributed by atoms with Crippen molar-refractivity contribution < 1.29 is 4.79 Å². The third kappa shape index (κ3) is 3.98. The molecule has 0 saturated carbocycles. The predicted octanol–water partition coefficient (Wildman–Crippen LogP) is 4.21. The van der Waals surface area contributed by atoms with E-state index in [1.54, 1.807) is 12.4 Å². The van der Waals surface area contributed by atoms with Gasteiger partial charge in [-0.05, 0) is 37.1 Å². The number of likely N-dealkylation sites (tertiary alicyclic amines) is 1. The molecule has 1 saturated heterocycles. The Bertz CT molecular complexity index is 948. The summed E-state index contributed by atoms with van der Waals surface area (Å²) >= 11 is 6.11.